The zero-order valence-electron chi connectivity index (χ0n) is 10.8. The molecule has 5 heteroatoms. The summed E-state index contributed by atoms with van der Waals surface area (Å²) in [7, 11) is -1.18. The van der Waals surface area contributed by atoms with E-state index in [1.165, 1.54) is 0 Å². The second-order valence-corrected chi connectivity index (χ2v) is 6.47. The lowest BCUT2D eigenvalue weighted by atomic mass is 10.2. The molecular weight excluding hydrogens is 248 g/mol. The van der Waals surface area contributed by atoms with Crippen molar-refractivity contribution in [1.29, 1.82) is 5.26 Å². The van der Waals surface area contributed by atoms with E-state index in [1.54, 1.807) is 19.1 Å². The zero-order chi connectivity index (χ0) is 13.6. The normalized spacial score (nSPS) is 11.4. The van der Waals surface area contributed by atoms with Gasteiger partial charge in [-0.2, -0.15) is 5.26 Å². The highest BCUT2D eigenvalue weighted by Gasteiger charge is 2.10. The summed E-state index contributed by atoms with van der Waals surface area (Å²) in [5.41, 5.74) is 1.05. The van der Waals surface area contributed by atoms with Crippen molar-refractivity contribution in [2.75, 3.05) is 19.3 Å². The Hall–Kier alpha value is -1.38. The van der Waals surface area contributed by atoms with Gasteiger partial charge in [-0.15, -0.1) is 0 Å². The second kappa shape index (κ2) is 6.53. The molecule has 98 valence electrons. The molecule has 0 amide bonds. The number of nitrogens with zero attached hydrogens (tertiary/aromatic N) is 2. The highest BCUT2D eigenvalue weighted by atomic mass is 32.2. The Kier molecular flexibility index (Phi) is 5.32. The first-order valence-corrected chi connectivity index (χ1v) is 7.52. The largest absolute Gasteiger partial charge is 0.301 e. The summed E-state index contributed by atoms with van der Waals surface area (Å²) in [5, 5.41) is 8.49. The fourth-order valence-electron chi connectivity index (χ4n) is 1.60. The van der Waals surface area contributed by atoms with Crippen molar-refractivity contribution < 1.29 is 8.42 Å². The Bertz CT molecular complexity index is 515. The third-order valence-electron chi connectivity index (χ3n) is 2.72. The van der Waals surface area contributed by atoms with Gasteiger partial charge in [-0.25, -0.2) is 8.42 Å². The van der Waals surface area contributed by atoms with Gasteiger partial charge in [-0.1, -0.05) is 19.1 Å². The van der Waals surface area contributed by atoms with Crippen LogP contribution in [0.25, 0.3) is 0 Å². The molecule has 0 saturated heterocycles. The smallest absolute Gasteiger partial charge is 0.178 e. The topological polar surface area (TPSA) is 61.2 Å². The summed E-state index contributed by atoms with van der Waals surface area (Å²) >= 11 is 0. The summed E-state index contributed by atoms with van der Waals surface area (Å²) in [6.45, 7) is 3.07. The average molecular weight is 266 g/mol. The van der Waals surface area contributed by atoms with Crippen LogP contribution in [0.1, 0.15) is 18.9 Å². The van der Waals surface area contributed by atoms with Crippen LogP contribution in [0.3, 0.4) is 0 Å². The minimum Gasteiger partial charge on any atom is -0.301 e. The number of nitriles is 1. The van der Waals surface area contributed by atoms with E-state index in [-0.39, 0.29) is 5.75 Å². The second-order valence-electron chi connectivity index (χ2n) is 4.19. The molecule has 0 aliphatic carbocycles. The molecule has 0 heterocycles. The van der Waals surface area contributed by atoms with E-state index < -0.39 is 9.84 Å². The predicted octanol–water partition coefficient (Wildman–Crippen LogP) is 1.83. The molecule has 4 nitrogen and oxygen atoms in total. The van der Waals surface area contributed by atoms with Crippen LogP contribution in [0.5, 0.6) is 0 Å². The van der Waals surface area contributed by atoms with E-state index in [2.05, 4.69) is 6.07 Å². The molecule has 0 bridgehead atoms. The maximum absolute atomic E-state index is 11.6. The monoisotopic (exact) mass is 266 g/mol. The molecule has 1 aromatic rings. The first kappa shape index (κ1) is 14.7. The van der Waals surface area contributed by atoms with E-state index >= 15 is 0 Å². The van der Waals surface area contributed by atoms with Gasteiger partial charge in [0.2, 0.25) is 0 Å². The van der Waals surface area contributed by atoms with Crippen LogP contribution in [0, 0.1) is 11.3 Å². The molecule has 0 aliphatic heterocycles. The third-order valence-corrected chi connectivity index (χ3v) is 4.47. The molecule has 0 atom stereocenters. The minimum atomic E-state index is -3.11. The summed E-state index contributed by atoms with van der Waals surface area (Å²) in [4.78, 5) is 2.40. The van der Waals surface area contributed by atoms with Gasteiger partial charge >= 0.3 is 0 Å². The molecule has 0 saturated carbocycles. The fourth-order valence-corrected chi connectivity index (χ4v) is 2.48. The molecule has 1 rings (SSSR count). The highest BCUT2D eigenvalue weighted by Crippen LogP contribution is 2.13. The Labute approximate surface area is 109 Å². The van der Waals surface area contributed by atoms with Crippen molar-refractivity contribution >= 4 is 9.84 Å². The molecule has 0 aromatic heterocycles. The Balaban J connectivity index is 2.70. The van der Waals surface area contributed by atoms with Crippen LogP contribution in [-0.2, 0) is 16.4 Å². The van der Waals surface area contributed by atoms with Crippen LogP contribution >= 0.6 is 0 Å². The molecule has 0 unspecified atom stereocenters. The summed E-state index contributed by atoms with van der Waals surface area (Å²) < 4.78 is 23.3. The lowest BCUT2D eigenvalue weighted by molar-refractivity contribution is 0.335. The molecule has 0 radical (unpaired) electrons. The van der Waals surface area contributed by atoms with E-state index in [4.69, 9.17) is 5.26 Å². The summed E-state index contributed by atoms with van der Waals surface area (Å²) in [6, 6.07) is 9.04. The van der Waals surface area contributed by atoms with Gasteiger partial charge in [0.15, 0.2) is 9.84 Å². The lowest BCUT2D eigenvalue weighted by Gasteiger charge is -2.14. The van der Waals surface area contributed by atoms with Gasteiger partial charge < -0.3 is 4.90 Å². The van der Waals surface area contributed by atoms with E-state index in [9.17, 15) is 8.42 Å². The van der Waals surface area contributed by atoms with Crippen LogP contribution in [-0.4, -0.2) is 32.7 Å². The van der Waals surface area contributed by atoms with Crippen molar-refractivity contribution in [2.24, 2.45) is 0 Å². The predicted molar refractivity (Wildman–Crippen MR) is 70.7 cm³/mol. The van der Waals surface area contributed by atoms with Crippen molar-refractivity contribution in [3.8, 4) is 6.07 Å². The minimum absolute atomic E-state index is 0.119. The van der Waals surface area contributed by atoms with Crippen molar-refractivity contribution in [2.45, 2.75) is 24.8 Å². The number of sulfone groups is 1. The SMILES string of the molecule is CCS(=O)(=O)c1ccc(CN(C)CCC#N)cc1. The third kappa shape index (κ3) is 4.13. The first-order valence-electron chi connectivity index (χ1n) is 5.86. The van der Waals surface area contributed by atoms with E-state index in [0.29, 0.717) is 24.4 Å². The zero-order valence-corrected chi connectivity index (χ0v) is 11.6. The van der Waals surface area contributed by atoms with E-state index in [0.717, 1.165) is 5.56 Å². The molecule has 1 aromatic carbocycles. The summed E-state index contributed by atoms with van der Waals surface area (Å²) in [6.07, 6.45) is 0.499. The van der Waals surface area contributed by atoms with Crippen molar-refractivity contribution in [3.63, 3.8) is 0 Å². The Morgan fingerprint density at radius 1 is 1.28 bits per heavy atom. The van der Waals surface area contributed by atoms with Crippen molar-refractivity contribution in [3.05, 3.63) is 29.8 Å². The first-order chi connectivity index (χ1) is 8.49. The van der Waals surface area contributed by atoms with E-state index in [1.807, 2.05) is 24.1 Å². The quantitative estimate of drug-likeness (QED) is 0.788. The molecule has 0 aliphatic rings. The highest BCUT2D eigenvalue weighted by molar-refractivity contribution is 7.91. The number of hydrogen-bond acceptors (Lipinski definition) is 4. The summed E-state index contributed by atoms with van der Waals surface area (Å²) in [5.74, 6) is 0.119. The van der Waals surface area contributed by atoms with Gasteiger partial charge in [0.05, 0.1) is 16.7 Å². The van der Waals surface area contributed by atoms with Crippen LogP contribution in [0.4, 0.5) is 0 Å². The fraction of sp³-hybridized carbons (Fsp3) is 0.462. The Morgan fingerprint density at radius 2 is 1.89 bits per heavy atom. The van der Waals surface area contributed by atoms with Gasteiger partial charge in [0, 0.05) is 19.5 Å². The van der Waals surface area contributed by atoms with Crippen LogP contribution < -0.4 is 0 Å². The Morgan fingerprint density at radius 3 is 2.39 bits per heavy atom. The van der Waals surface area contributed by atoms with Crippen molar-refractivity contribution in [1.82, 2.24) is 4.90 Å². The molecule has 0 fully saturated rings. The molecular formula is C13H18N2O2S. The van der Waals surface area contributed by atoms with Gasteiger partial charge in [0.1, 0.15) is 0 Å². The average Bonchev–Trinajstić information content (AvgIpc) is 2.37. The molecule has 18 heavy (non-hydrogen) atoms. The standard InChI is InChI=1S/C13H18N2O2S/c1-3-18(16,17)13-7-5-12(6-8-13)11-15(2)10-4-9-14/h5-8H,3-4,10-11H2,1-2H3. The number of rotatable bonds is 6. The van der Waals surface area contributed by atoms with Gasteiger partial charge in [-0.3, -0.25) is 0 Å². The lowest BCUT2D eigenvalue weighted by Crippen LogP contribution is -2.18. The van der Waals surface area contributed by atoms with Gasteiger partial charge in [0.25, 0.3) is 0 Å². The number of hydrogen-bond donors (Lipinski definition) is 0. The van der Waals surface area contributed by atoms with Gasteiger partial charge in [-0.05, 0) is 24.7 Å². The maximum atomic E-state index is 11.6. The van der Waals surface area contributed by atoms with Crippen LogP contribution in [0.2, 0.25) is 0 Å². The molecule has 0 N–H and O–H groups in total. The molecule has 0 spiro atoms. The maximum Gasteiger partial charge on any atom is 0.178 e. The number of benzene rings is 1. The van der Waals surface area contributed by atoms with Crippen LogP contribution in [0.15, 0.2) is 29.2 Å².